The van der Waals surface area contributed by atoms with Crippen LogP contribution >= 0.6 is 0 Å². The largest absolute Gasteiger partial charge is 0.488 e. The fraction of sp³-hybridized carbons (Fsp3) is 0.714. The van der Waals surface area contributed by atoms with Crippen LogP contribution in [0.1, 0.15) is 12.8 Å². The first-order valence-corrected chi connectivity index (χ1v) is 11.4. The zero-order chi connectivity index (χ0) is 23.4. The number of halogens is 1. The van der Waals surface area contributed by atoms with Crippen molar-refractivity contribution in [3.05, 3.63) is 23.4 Å². The van der Waals surface area contributed by atoms with Gasteiger partial charge in [-0.25, -0.2) is 4.39 Å². The van der Waals surface area contributed by atoms with Gasteiger partial charge in [-0.15, -0.1) is 4.91 Å². The number of rotatable bonds is 8. The molecular weight excluding hydrogens is 433 g/mol. The van der Waals surface area contributed by atoms with Gasteiger partial charge in [0, 0.05) is 38.4 Å². The molecule has 11 nitrogen and oxygen atoms in total. The molecule has 33 heavy (non-hydrogen) atoms. The number of carbonyl (C=O) groups excluding carboxylic acids is 1. The number of ether oxygens (including phenoxy) is 2. The summed E-state index contributed by atoms with van der Waals surface area (Å²) in [5, 5.41) is 8.63. The third kappa shape index (κ3) is 5.64. The predicted molar refractivity (Wildman–Crippen MR) is 119 cm³/mol. The molecular formula is C21H32FN7O4. The number of amides is 1. The molecule has 4 atom stereocenters. The number of nitrogens with two attached hydrogens (primary N) is 1. The molecule has 3 fully saturated rings. The number of aromatic nitrogens is 1. The molecule has 0 bridgehead atoms. The molecule has 1 aromatic rings. The number of hydrogen-bond acceptors (Lipinski definition) is 10. The van der Waals surface area contributed by atoms with Gasteiger partial charge in [-0.3, -0.25) is 24.9 Å². The Labute approximate surface area is 192 Å². The van der Waals surface area contributed by atoms with Gasteiger partial charge >= 0.3 is 0 Å². The smallest absolute Gasteiger partial charge is 0.234 e. The molecule has 0 aromatic carbocycles. The van der Waals surface area contributed by atoms with E-state index < -0.39 is 30.3 Å². The number of piperidine rings is 1. The lowest BCUT2D eigenvalue weighted by Crippen LogP contribution is -2.62. The highest BCUT2D eigenvalue weighted by Crippen LogP contribution is 2.29. The number of nitrogens with one attached hydrogen (secondary N) is 2. The number of nitroso groups, excluding NO2 is 1. The van der Waals surface area contributed by atoms with Gasteiger partial charge in [0.05, 0.1) is 31.6 Å². The highest BCUT2D eigenvalue weighted by atomic mass is 19.1. The lowest BCUT2D eigenvalue weighted by molar-refractivity contribution is -0.124. The van der Waals surface area contributed by atoms with Gasteiger partial charge in [0.25, 0.3) is 0 Å². The Morgan fingerprint density at radius 3 is 2.82 bits per heavy atom. The number of pyridine rings is 1. The fourth-order valence-electron chi connectivity index (χ4n) is 4.61. The number of nitrogens with zero attached hydrogens (tertiary/aromatic N) is 4. The molecule has 0 saturated carbocycles. The third-order valence-electron chi connectivity index (χ3n) is 6.59. The van der Waals surface area contributed by atoms with E-state index in [1.807, 2.05) is 0 Å². The van der Waals surface area contributed by atoms with Crippen LogP contribution in [0.3, 0.4) is 0 Å². The number of hydrogen-bond donors (Lipinski definition) is 3. The van der Waals surface area contributed by atoms with Crippen molar-refractivity contribution in [1.82, 2.24) is 20.1 Å². The van der Waals surface area contributed by atoms with Gasteiger partial charge < -0.3 is 20.5 Å². The van der Waals surface area contributed by atoms with E-state index in [0.717, 1.165) is 39.1 Å². The maximum Gasteiger partial charge on any atom is 0.234 e. The monoisotopic (exact) mass is 465 g/mol. The molecule has 1 amide bonds. The Kier molecular flexibility index (Phi) is 7.81. The van der Waals surface area contributed by atoms with E-state index in [1.54, 1.807) is 24.2 Å². The van der Waals surface area contributed by atoms with Crippen LogP contribution in [0.5, 0.6) is 5.75 Å². The Morgan fingerprint density at radius 1 is 1.42 bits per heavy atom. The number of alkyl halides is 1. The summed E-state index contributed by atoms with van der Waals surface area (Å²) in [5.74, 6) is -1.04. The molecule has 4 heterocycles. The lowest BCUT2D eigenvalue weighted by atomic mass is 9.98. The van der Waals surface area contributed by atoms with Crippen molar-refractivity contribution < 1.29 is 18.7 Å². The van der Waals surface area contributed by atoms with Gasteiger partial charge in [-0.2, -0.15) is 0 Å². The minimum Gasteiger partial charge on any atom is -0.488 e. The third-order valence-corrected chi connectivity index (χ3v) is 6.59. The zero-order valence-corrected chi connectivity index (χ0v) is 18.7. The highest BCUT2D eigenvalue weighted by Gasteiger charge is 2.40. The molecule has 1 aromatic heterocycles. The van der Waals surface area contributed by atoms with E-state index in [4.69, 9.17) is 15.2 Å². The van der Waals surface area contributed by atoms with E-state index >= 15 is 0 Å². The molecule has 182 valence electrons. The number of carbonyl (C=O) groups is 1. The summed E-state index contributed by atoms with van der Waals surface area (Å²) in [4.78, 5) is 32.6. The van der Waals surface area contributed by atoms with E-state index in [9.17, 15) is 14.1 Å². The van der Waals surface area contributed by atoms with Gasteiger partial charge in [-0.05, 0) is 19.9 Å². The Hall–Kier alpha value is -2.25. The van der Waals surface area contributed by atoms with Crippen LogP contribution in [0.25, 0.3) is 0 Å². The summed E-state index contributed by atoms with van der Waals surface area (Å²) in [6.45, 7) is 3.65. The molecule has 3 aliphatic rings. The minimum absolute atomic E-state index is 0.0163. The maximum atomic E-state index is 13.7. The standard InChI is InChI=1S/C21H32FN7O4/c1-28-10-13(22)8-25-20(28)18(19(23)27-31)21(30)26-16-9-24-5-2-17(16)33-15-3-6-29(7-4-15)14-11-32-12-14/h2,5,9,13-15,18-20,25H,3-4,6-8,10-12,23H2,1H3,(H,26,30). The average Bonchev–Trinajstić information content (AvgIpc) is 2.76. The first kappa shape index (κ1) is 23.9. The quantitative estimate of drug-likeness (QED) is 0.458. The summed E-state index contributed by atoms with van der Waals surface area (Å²) in [6, 6.07) is 2.21. The van der Waals surface area contributed by atoms with E-state index in [1.165, 1.54) is 6.20 Å². The Bertz CT molecular complexity index is 822. The van der Waals surface area contributed by atoms with Crippen LogP contribution in [0.2, 0.25) is 0 Å². The molecule has 3 saturated heterocycles. The highest BCUT2D eigenvalue weighted by molar-refractivity contribution is 5.94. The van der Waals surface area contributed by atoms with Crippen molar-refractivity contribution in [1.29, 1.82) is 0 Å². The number of likely N-dealkylation sites (tertiary alicyclic amines) is 1. The first-order valence-electron chi connectivity index (χ1n) is 11.4. The normalized spacial score (nSPS) is 27.4. The van der Waals surface area contributed by atoms with Crippen molar-refractivity contribution in [3.63, 3.8) is 0 Å². The molecule has 4 rings (SSSR count). The van der Waals surface area contributed by atoms with Crippen LogP contribution in [0.4, 0.5) is 10.1 Å². The zero-order valence-electron chi connectivity index (χ0n) is 18.7. The predicted octanol–water partition coefficient (Wildman–Crippen LogP) is 0.129. The number of anilines is 1. The lowest BCUT2D eigenvalue weighted by Gasteiger charge is -2.41. The molecule has 0 spiro atoms. The van der Waals surface area contributed by atoms with Crippen LogP contribution in [0, 0.1) is 10.8 Å². The van der Waals surface area contributed by atoms with Gasteiger partial charge in [0.1, 0.15) is 29.6 Å². The fourth-order valence-corrected chi connectivity index (χ4v) is 4.61. The second-order valence-electron chi connectivity index (χ2n) is 8.92. The van der Waals surface area contributed by atoms with E-state index in [-0.39, 0.29) is 19.2 Å². The van der Waals surface area contributed by atoms with Crippen molar-refractivity contribution in [2.75, 3.05) is 51.8 Å². The first-order chi connectivity index (χ1) is 16.0. The van der Waals surface area contributed by atoms with Crippen LogP contribution in [-0.4, -0.2) is 97.8 Å². The second kappa shape index (κ2) is 10.8. The van der Waals surface area contributed by atoms with Crippen LogP contribution in [-0.2, 0) is 9.53 Å². The summed E-state index contributed by atoms with van der Waals surface area (Å²) >= 11 is 0. The molecule has 12 heteroatoms. The van der Waals surface area contributed by atoms with Gasteiger partial charge in [0.15, 0.2) is 6.17 Å². The molecule has 4 N–H and O–H groups in total. The Morgan fingerprint density at radius 2 is 2.18 bits per heavy atom. The topological polar surface area (TPSA) is 134 Å². The maximum absolute atomic E-state index is 13.7. The second-order valence-corrected chi connectivity index (χ2v) is 8.92. The average molecular weight is 466 g/mol. The van der Waals surface area contributed by atoms with Crippen LogP contribution in [0.15, 0.2) is 23.6 Å². The molecule has 4 unspecified atom stereocenters. The van der Waals surface area contributed by atoms with Gasteiger partial charge in [-0.1, -0.05) is 5.18 Å². The Balaban J connectivity index is 1.41. The van der Waals surface area contributed by atoms with E-state index in [0.29, 0.717) is 17.5 Å². The summed E-state index contributed by atoms with van der Waals surface area (Å²) in [7, 11) is 1.67. The van der Waals surface area contributed by atoms with Gasteiger partial charge in [0.2, 0.25) is 5.91 Å². The molecule has 0 aliphatic carbocycles. The van der Waals surface area contributed by atoms with Crippen molar-refractivity contribution >= 4 is 11.6 Å². The van der Waals surface area contributed by atoms with E-state index in [2.05, 4.69) is 25.7 Å². The van der Waals surface area contributed by atoms with Crippen molar-refractivity contribution in [3.8, 4) is 5.75 Å². The van der Waals surface area contributed by atoms with Crippen LogP contribution < -0.4 is 21.1 Å². The van der Waals surface area contributed by atoms with Crippen molar-refractivity contribution in [2.45, 2.75) is 43.5 Å². The van der Waals surface area contributed by atoms with Crippen molar-refractivity contribution in [2.24, 2.45) is 16.8 Å². The summed E-state index contributed by atoms with van der Waals surface area (Å²) in [5.41, 5.74) is 6.27. The minimum atomic E-state index is -1.30. The SMILES string of the molecule is CN1CC(F)CNC1C(C(=O)Nc1cnccc1OC1CCN(C2COC2)CC1)C(N)N=O. The summed E-state index contributed by atoms with van der Waals surface area (Å²) in [6.07, 6.45) is 1.85. The molecule has 3 aliphatic heterocycles. The molecule has 0 radical (unpaired) electrons. The summed E-state index contributed by atoms with van der Waals surface area (Å²) < 4.78 is 25.2.